The van der Waals surface area contributed by atoms with Crippen LogP contribution in [-0.2, 0) is 4.79 Å². The number of hydrogen-bond acceptors (Lipinski definition) is 3. The van der Waals surface area contributed by atoms with E-state index in [1.54, 1.807) is 29.2 Å². The summed E-state index contributed by atoms with van der Waals surface area (Å²) in [6, 6.07) is 6.93. The molecule has 0 unspecified atom stereocenters. The van der Waals surface area contributed by atoms with Gasteiger partial charge in [-0.25, -0.2) is 9.59 Å². The third kappa shape index (κ3) is 3.88. The molecule has 1 aromatic rings. The minimum atomic E-state index is -1.04. The van der Waals surface area contributed by atoms with E-state index in [1.165, 1.54) is 0 Å². The van der Waals surface area contributed by atoms with Gasteiger partial charge in [0.2, 0.25) is 0 Å². The van der Waals surface area contributed by atoms with Crippen LogP contribution in [0.1, 0.15) is 19.8 Å². The van der Waals surface area contributed by atoms with Crippen LogP contribution in [0.4, 0.5) is 10.5 Å². The molecule has 1 aromatic carbocycles. The molecule has 2 N–H and O–H groups in total. The normalized spacial score (nSPS) is 13.7. The maximum absolute atomic E-state index is 12.1. The predicted octanol–water partition coefficient (Wildman–Crippen LogP) is 2.17. The summed E-state index contributed by atoms with van der Waals surface area (Å²) in [5, 5.41) is 11.4. The van der Waals surface area contributed by atoms with Crippen LogP contribution in [0.3, 0.4) is 0 Å². The highest BCUT2D eigenvalue weighted by Gasteiger charge is 2.31. The zero-order valence-corrected chi connectivity index (χ0v) is 11.3. The Hall–Kier alpha value is -2.24. The summed E-state index contributed by atoms with van der Waals surface area (Å²) in [6.45, 7) is 2.22. The molecule has 2 rings (SSSR count). The highest BCUT2D eigenvalue weighted by atomic mass is 16.5. The van der Waals surface area contributed by atoms with Crippen molar-refractivity contribution >= 4 is 17.7 Å². The van der Waals surface area contributed by atoms with Crippen molar-refractivity contribution in [3.8, 4) is 5.75 Å². The summed E-state index contributed by atoms with van der Waals surface area (Å²) in [5.74, 6) is -0.620. The summed E-state index contributed by atoms with van der Waals surface area (Å²) in [5.41, 5.74) is 0.594. The van der Waals surface area contributed by atoms with Gasteiger partial charge in [-0.2, -0.15) is 0 Å². The molecule has 1 aliphatic carbocycles. The van der Waals surface area contributed by atoms with Crippen molar-refractivity contribution in [1.29, 1.82) is 0 Å². The lowest BCUT2D eigenvalue weighted by atomic mass is 10.3. The van der Waals surface area contributed by atoms with Crippen LogP contribution >= 0.6 is 0 Å². The molecule has 0 radical (unpaired) electrons. The van der Waals surface area contributed by atoms with Crippen molar-refractivity contribution in [3.63, 3.8) is 0 Å². The van der Waals surface area contributed by atoms with Crippen LogP contribution in [0.25, 0.3) is 0 Å². The van der Waals surface area contributed by atoms with Crippen molar-refractivity contribution in [2.75, 3.05) is 18.5 Å². The number of benzene rings is 1. The number of anilines is 1. The lowest BCUT2D eigenvalue weighted by Gasteiger charge is -2.21. The van der Waals surface area contributed by atoms with Gasteiger partial charge in [0.05, 0.1) is 0 Å². The summed E-state index contributed by atoms with van der Waals surface area (Å²) in [7, 11) is 0. The molecule has 0 heterocycles. The van der Waals surface area contributed by atoms with Crippen molar-refractivity contribution in [1.82, 2.24) is 4.90 Å². The van der Waals surface area contributed by atoms with E-state index in [9.17, 15) is 9.59 Å². The Morgan fingerprint density at radius 3 is 2.80 bits per heavy atom. The molecule has 0 atom stereocenters. The Bertz CT molecular complexity index is 500. The number of nitrogens with one attached hydrogen (secondary N) is 1. The predicted molar refractivity (Wildman–Crippen MR) is 74.0 cm³/mol. The topological polar surface area (TPSA) is 78.9 Å². The van der Waals surface area contributed by atoms with Crippen molar-refractivity contribution in [2.24, 2.45) is 0 Å². The fraction of sp³-hybridized carbons (Fsp3) is 0.429. The number of hydrogen-bond donors (Lipinski definition) is 2. The Morgan fingerprint density at radius 2 is 2.20 bits per heavy atom. The van der Waals surface area contributed by atoms with E-state index in [2.05, 4.69) is 5.32 Å². The fourth-order valence-electron chi connectivity index (χ4n) is 1.96. The molecule has 6 nitrogen and oxygen atoms in total. The maximum atomic E-state index is 12.1. The molecule has 1 saturated carbocycles. The molecule has 0 aliphatic heterocycles. The van der Waals surface area contributed by atoms with Gasteiger partial charge >= 0.3 is 12.0 Å². The SMILES string of the molecule is CCN(C(=O)Nc1cccc(OCC(=O)O)c1)C1CC1. The van der Waals surface area contributed by atoms with Gasteiger partial charge in [0.15, 0.2) is 6.61 Å². The molecule has 0 saturated heterocycles. The Balaban J connectivity index is 1.96. The van der Waals surface area contributed by atoms with Crippen molar-refractivity contribution < 1.29 is 19.4 Å². The molecular formula is C14H18N2O4. The van der Waals surface area contributed by atoms with Gasteiger partial charge in [0.1, 0.15) is 5.75 Å². The zero-order valence-electron chi connectivity index (χ0n) is 11.3. The van der Waals surface area contributed by atoms with Gasteiger partial charge in [0.25, 0.3) is 0 Å². The van der Waals surface area contributed by atoms with Crippen LogP contribution in [0, 0.1) is 0 Å². The van der Waals surface area contributed by atoms with E-state index >= 15 is 0 Å². The molecule has 0 bridgehead atoms. The number of amides is 2. The second kappa shape index (κ2) is 6.27. The lowest BCUT2D eigenvalue weighted by Crippen LogP contribution is -2.36. The maximum Gasteiger partial charge on any atom is 0.341 e. The van der Waals surface area contributed by atoms with Crippen LogP contribution in [-0.4, -0.2) is 41.2 Å². The third-order valence-corrected chi connectivity index (χ3v) is 3.04. The second-order valence-corrected chi connectivity index (χ2v) is 4.66. The third-order valence-electron chi connectivity index (χ3n) is 3.04. The highest BCUT2D eigenvalue weighted by molar-refractivity contribution is 5.90. The number of aliphatic carboxylic acids is 1. The number of carboxylic acids is 1. The van der Waals surface area contributed by atoms with Crippen LogP contribution in [0.2, 0.25) is 0 Å². The van der Waals surface area contributed by atoms with Crippen molar-refractivity contribution in [2.45, 2.75) is 25.8 Å². The Labute approximate surface area is 117 Å². The Kier molecular flexibility index (Phi) is 4.45. The molecule has 1 fully saturated rings. The number of rotatable bonds is 6. The molecular weight excluding hydrogens is 260 g/mol. The fourth-order valence-corrected chi connectivity index (χ4v) is 1.96. The first-order valence-electron chi connectivity index (χ1n) is 6.62. The minimum absolute atomic E-state index is 0.134. The van der Waals surface area contributed by atoms with Gasteiger partial charge in [-0.1, -0.05) is 6.07 Å². The molecule has 0 spiro atoms. The summed E-state index contributed by atoms with van der Waals surface area (Å²) in [4.78, 5) is 24.3. The molecule has 2 amide bonds. The molecule has 1 aliphatic rings. The van der Waals surface area contributed by atoms with E-state index in [0.717, 1.165) is 12.8 Å². The molecule has 6 heteroatoms. The number of carboxylic acid groups (broad SMARTS) is 1. The highest BCUT2D eigenvalue weighted by Crippen LogP contribution is 2.27. The first-order chi connectivity index (χ1) is 9.60. The van der Waals surface area contributed by atoms with Crippen molar-refractivity contribution in [3.05, 3.63) is 24.3 Å². The number of ether oxygens (including phenoxy) is 1. The van der Waals surface area contributed by atoms with Crippen LogP contribution in [0.15, 0.2) is 24.3 Å². The van der Waals surface area contributed by atoms with E-state index < -0.39 is 12.6 Å². The molecule has 108 valence electrons. The largest absolute Gasteiger partial charge is 0.482 e. The van der Waals surface area contributed by atoms with E-state index in [4.69, 9.17) is 9.84 Å². The van der Waals surface area contributed by atoms with Crippen LogP contribution < -0.4 is 10.1 Å². The monoisotopic (exact) mass is 278 g/mol. The van der Waals surface area contributed by atoms with E-state index in [1.807, 2.05) is 6.92 Å². The van der Waals surface area contributed by atoms with Gasteiger partial charge in [0, 0.05) is 24.3 Å². The van der Waals surface area contributed by atoms with E-state index in [-0.39, 0.29) is 6.03 Å². The quantitative estimate of drug-likeness (QED) is 0.835. The average molecular weight is 278 g/mol. The standard InChI is InChI=1S/C14H18N2O4/c1-2-16(11-6-7-11)14(19)15-10-4-3-5-12(8-10)20-9-13(17)18/h3-5,8,11H,2,6-7,9H2,1H3,(H,15,19)(H,17,18). The first-order valence-corrected chi connectivity index (χ1v) is 6.62. The first kappa shape index (κ1) is 14.2. The van der Waals surface area contributed by atoms with Gasteiger partial charge in [-0.05, 0) is 31.9 Å². The summed E-state index contributed by atoms with van der Waals surface area (Å²) >= 11 is 0. The number of carbonyl (C=O) groups is 2. The number of nitrogens with zero attached hydrogens (tertiary/aromatic N) is 1. The Morgan fingerprint density at radius 1 is 1.45 bits per heavy atom. The molecule has 20 heavy (non-hydrogen) atoms. The average Bonchev–Trinajstić information content (AvgIpc) is 3.22. The van der Waals surface area contributed by atoms with Gasteiger partial charge in [-0.15, -0.1) is 0 Å². The number of carbonyl (C=O) groups excluding carboxylic acids is 1. The van der Waals surface area contributed by atoms with E-state index in [0.29, 0.717) is 24.0 Å². The number of urea groups is 1. The van der Waals surface area contributed by atoms with Gasteiger partial charge in [-0.3, -0.25) is 0 Å². The van der Waals surface area contributed by atoms with Gasteiger partial charge < -0.3 is 20.1 Å². The summed E-state index contributed by atoms with van der Waals surface area (Å²) < 4.78 is 5.07. The smallest absolute Gasteiger partial charge is 0.341 e. The zero-order chi connectivity index (χ0) is 14.5. The minimum Gasteiger partial charge on any atom is -0.482 e. The second-order valence-electron chi connectivity index (χ2n) is 4.66. The summed E-state index contributed by atoms with van der Waals surface area (Å²) in [6.07, 6.45) is 2.12. The lowest BCUT2D eigenvalue weighted by molar-refractivity contribution is -0.139. The van der Waals surface area contributed by atoms with Crippen LogP contribution in [0.5, 0.6) is 5.75 Å². The molecule has 0 aromatic heterocycles.